The van der Waals surface area contributed by atoms with Crippen LogP contribution in [0, 0.1) is 5.82 Å². The summed E-state index contributed by atoms with van der Waals surface area (Å²) in [5, 5.41) is 2.38. The average Bonchev–Trinajstić information content (AvgIpc) is 2.70. The minimum Gasteiger partial charge on any atom is -0.452 e. The van der Waals surface area contributed by atoms with Crippen LogP contribution in [0.1, 0.15) is 10.4 Å². The Balaban J connectivity index is 2.24. The number of carbonyl (C=O) groups excluding carboxylic acids is 1. The van der Waals surface area contributed by atoms with Crippen LogP contribution >= 0.6 is 27.5 Å². The summed E-state index contributed by atoms with van der Waals surface area (Å²) in [5.74, 6) is -1.05. The second-order valence-electron chi connectivity index (χ2n) is 3.19. The van der Waals surface area contributed by atoms with E-state index in [2.05, 4.69) is 21.2 Å². The van der Waals surface area contributed by atoms with Crippen molar-refractivity contribution < 1.29 is 13.6 Å². The van der Waals surface area contributed by atoms with Gasteiger partial charge in [0.2, 0.25) is 5.22 Å². The van der Waals surface area contributed by atoms with E-state index in [4.69, 9.17) is 16.0 Å². The Hall–Kier alpha value is -1.33. The highest BCUT2D eigenvalue weighted by atomic mass is 79.9. The summed E-state index contributed by atoms with van der Waals surface area (Å²) in [5.41, 5.74) is 0.229. The molecule has 2 aromatic rings. The van der Waals surface area contributed by atoms with Crippen molar-refractivity contribution in [3.05, 3.63) is 51.6 Å². The number of amides is 1. The molecule has 88 valence electrons. The molecule has 6 heteroatoms. The Kier molecular flexibility index (Phi) is 3.49. The molecule has 3 nitrogen and oxygen atoms in total. The van der Waals surface area contributed by atoms with E-state index in [9.17, 15) is 9.18 Å². The first-order valence-corrected chi connectivity index (χ1v) is 5.74. The van der Waals surface area contributed by atoms with Gasteiger partial charge in [-0.25, -0.2) is 4.39 Å². The van der Waals surface area contributed by atoms with Gasteiger partial charge in [-0.05, 0) is 35.9 Å². The smallest absolute Gasteiger partial charge is 0.260 e. The van der Waals surface area contributed by atoms with E-state index >= 15 is 0 Å². The van der Waals surface area contributed by atoms with Gasteiger partial charge in [-0.15, -0.1) is 0 Å². The van der Waals surface area contributed by atoms with Crippen LogP contribution in [0.15, 0.2) is 39.4 Å². The summed E-state index contributed by atoms with van der Waals surface area (Å²) in [4.78, 5) is 11.7. The van der Waals surface area contributed by atoms with Crippen molar-refractivity contribution in [1.82, 2.24) is 0 Å². The largest absolute Gasteiger partial charge is 0.452 e. The molecule has 0 atom stereocenters. The third-order valence-corrected chi connectivity index (χ3v) is 2.83. The molecule has 0 unspecified atom stereocenters. The van der Waals surface area contributed by atoms with Crippen molar-refractivity contribution in [2.24, 2.45) is 0 Å². The number of nitrogens with one attached hydrogen (secondary N) is 1. The van der Waals surface area contributed by atoms with Gasteiger partial charge in [0.15, 0.2) is 0 Å². The van der Waals surface area contributed by atoms with E-state index in [1.54, 1.807) is 0 Å². The van der Waals surface area contributed by atoms with Crippen LogP contribution in [-0.4, -0.2) is 5.91 Å². The lowest BCUT2D eigenvalue weighted by molar-refractivity contribution is 0.102. The predicted molar refractivity (Wildman–Crippen MR) is 65.8 cm³/mol. The minimum atomic E-state index is -0.527. The number of furan rings is 1. The average molecular weight is 319 g/mol. The van der Waals surface area contributed by atoms with Gasteiger partial charge < -0.3 is 9.73 Å². The van der Waals surface area contributed by atoms with Crippen LogP contribution in [0.5, 0.6) is 0 Å². The first-order chi connectivity index (χ1) is 8.08. The number of hydrogen-bond donors (Lipinski definition) is 1. The lowest BCUT2D eigenvalue weighted by atomic mass is 10.2. The highest BCUT2D eigenvalue weighted by molar-refractivity contribution is 9.10. The normalized spacial score (nSPS) is 10.3. The zero-order chi connectivity index (χ0) is 12.4. The fraction of sp³-hybridized carbons (Fsp3) is 0. The maximum Gasteiger partial charge on any atom is 0.260 e. The highest BCUT2D eigenvalue weighted by Crippen LogP contribution is 2.22. The number of benzene rings is 1. The second-order valence-corrected chi connectivity index (χ2v) is 4.45. The predicted octanol–water partition coefficient (Wildman–Crippen LogP) is 4.09. The third kappa shape index (κ3) is 2.68. The molecule has 0 saturated carbocycles. The summed E-state index contributed by atoms with van der Waals surface area (Å²) in [6.45, 7) is 0. The Morgan fingerprint density at radius 3 is 2.82 bits per heavy atom. The first kappa shape index (κ1) is 12.1. The molecule has 0 aliphatic heterocycles. The van der Waals surface area contributed by atoms with Gasteiger partial charge in [-0.2, -0.15) is 0 Å². The van der Waals surface area contributed by atoms with Crippen LogP contribution in [0.25, 0.3) is 0 Å². The Labute approximate surface area is 110 Å². The molecule has 2 rings (SSSR count). The lowest BCUT2D eigenvalue weighted by Gasteiger charge is -2.05. The van der Waals surface area contributed by atoms with Crippen molar-refractivity contribution in [3.8, 4) is 0 Å². The van der Waals surface area contributed by atoms with Crippen LogP contribution in [-0.2, 0) is 0 Å². The van der Waals surface area contributed by atoms with Crippen LogP contribution in [0.2, 0.25) is 5.22 Å². The summed E-state index contributed by atoms with van der Waals surface area (Å²) < 4.78 is 18.8. The fourth-order valence-electron chi connectivity index (χ4n) is 1.24. The summed E-state index contributed by atoms with van der Waals surface area (Å²) in [6, 6.07) is 5.65. The summed E-state index contributed by atoms with van der Waals surface area (Å²) >= 11 is 8.83. The highest BCUT2D eigenvalue weighted by Gasteiger charge is 2.14. The number of anilines is 1. The number of halogens is 3. The summed E-state index contributed by atoms with van der Waals surface area (Å²) in [6.07, 6.45) is 1.29. The molecule has 0 fully saturated rings. The maximum absolute atomic E-state index is 13.4. The molecular weight excluding hydrogens is 312 g/mol. The van der Waals surface area contributed by atoms with E-state index < -0.39 is 11.7 Å². The molecule has 0 saturated heterocycles. The molecule has 1 N–H and O–H groups in total. The molecule has 1 heterocycles. The minimum absolute atomic E-state index is 0.0297. The third-order valence-electron chi connectivity index (χ3n) is 2.04. The van der Waals surface area contributed by atoms with E-state index in [1.807, 2.05) is 0 Å². The number of hydrogen-bond acceptors (Lipinski definition) is 2. The monoisotopic (exact) mass is 317 g/mol. The molecule has 1 aromatic carbocycles. The van der Waals surface area contributed by atoms with Gasteiger partial charge in [0.1, 0.15) is 5.82 Å². The van der Waals surface area contributed by atoms with Gasteiger partial charge in [-0.3, -0.25) is 4.79 Å². The van der Waals surface area contributed by atoms with E-state index in [0.29, 0.717) is 4.47 Å². The topological polar surface area (TPSA) is 42.2 Å². The van der Waals surface area contributed by atoms with Crippen molar-refractivity contribution in [3.63, 3.8) is 0 Å². The van der Waals surface area contributed by atoms with E-state index in [-0.39, 0.29) is 16.5 Å². The number of rotatable bonds is 2. The van der Waals surface area contributed by atoms with E-state index in [0.717, 1.165) is 0 Å². The van der Waals surface area contributed by atoms with Gasteiger partial charge in [0.25, 0.3) is 5.91 Å². The van der Waals surface area contributed by atoms with Crippen LogP contribution in [0.3, 0.4) is 0 Å². The molecule has 0 spiro atoms. The van der Waals surface area contributed by atoms with Gasteiger partial charge in [0, 0.05) is 4.47 Å². The van der Waals surface area contributed by atoms with E-state index in [1.165, 1.54) is 30.5 Å². The number of carbonyl (C=O) groups is 1. The molecule has 1 aromatic heterocycles. The van der Waals surface area contributed by atoms with Crippen LogP contribution in [0.4, 0.5) is 10.1 Å². The van der Waals surface area contributed by atoms with Crippen molar-refractivity contribution in [1.29, 1.82) is 0 Å². The fourth-order valence-corrected chi connectivity index (χ4v) is 1.80. The Morgan fingerprint density at radius 2 is 2.18 bits per heavy atom. The van der Waals surface area contributed by atoms with Crippen molar-refractivity contribution >= 4 is 39.1 Å². The molecule has 0 radical (unpaired) electrons. The second kappa shape index (κ2) is 4.89. The molecule has 17 heavy (non-hydrogen) atoms. The zero-order valence-corrected chi connectivity index (χ0v) is 10.7. The molecule has 1 amide bonds. The zero-order valence-electron chi connectivity index (χ0n) is 8.34. The molecule has 0 aliphatic carbocycles. The van der Waals surface area contributed by atoms with Crippen molar-refractivity contribution in [2.45, 2.75) is 0 Å². The Bertz CT molecular complexity index is 570. The quantitative estimate of drug-likeness (QED) is 0.906. The van der Waals surface area contributed by atoms with Gasteiger partial charge in [0.05, 0.1) is 17.5 Å². The molecule has 0 aliphatic rings. The SMILES string of the molecule is O=C(Nc1cc(Br)ccc1F)c1ccoc1Cl. The first-order valence-electron chi connectivity index (χ1n) is 4.57. The standard InChI is InChI=1S/C11H6BrClFNO2/c12-6-1-2-8(14)9(5-6)15-11(16)7-3-4-17-10(7)13/h1-5H,(H,15,16). The molecular formula is C11H6BrClFNO2. The van der Waals surface area contributed by atoms with Crippen molar-refractivity contribution in [2.75, 3.05) is 5.32 Å². The Morgan fingerprint density at radius 1 is 1.41 bits per heavy atom. The maximum atomic E-state index is 13.4. The van der Waals surface area contributed by atoms with Gasteiger partial charge >= 0.3 is 0 Å². The molecule has 0 bridgehead atoms. The lowest BCUT2D eigenvalue weighted by Crippen LogP contribution is -2.12. The van der Waals surface area contributed by atoms with Gasteiger partial charge in [-0.1, -0.05) is 15.9 Å². The van der Waals surface area contributed by atoms with Crippen LogP contribution < -0.4 is 5.32 Å². The summed E-state index contributed by atoms with van der Waals surface area (Å²) in [7, 11) is 0.